The first kappa shape index (κ1) is 10.6. The number of aryl methyl sites for hydroxylation is 1. The van der Waals surface area contributed by atoms with Crippen LogP contribution in [0, 0.1) is 6.92 Å². The Morgan fingerprint density at radius 2 is 2.19 bits per heavy atom. The van der Waals surface area contributed by atoms with Crippen LogP contribution in [0.1, 0.15) is 18.1 Å². The van der Waals surface area contributed by atoms with E-state index in [1.54, 1.807) is 0 Å². The van der Waals surface area contributed by atoms with Crippen molar-refractivity contribution >= 4 is 21.6 Å². The Morgan fingerprint density at radius 1 is 1.38 bits per heavy atom. The number of hydrogen-bond acceptors (Lipinski definition) is 2. The van der Waals surface area contributed by atoms with Gasteiger partial charge in [-0.3, -0.25) is 0 Å². The number of nitrogens with one attached hydrogen (secondary N) is 1. The lowest BCUT2D eigenvalue weighted by molar-refractivity contribution is 0.430. The summed E-state index contributed by atoms with van der Waals surface area (Å²) in [5.41, 5.74) is 4.29. The molecular weight excluding hydrogens is 264 g/mol. The summed E-state index contributed by atoms with van der Waals surface area (Å²) in [5.74, 6) is 0. The summed E-state index contributed by atoms with van der Waals surface area (Å²) in [5, 5.41) is 3.52. The van der Waals surface area contributed by atoms with Crippen LogP contribution >= 0.6 is 15.9 Å². The molecule has 3 rings (SSSR count). The molecule has 2 heterocycles. The second-order valence-electron chi connectivity index (χ2n) is 5.00. The molecule has 0 amide bonds. The molecule has 0 radical (unpaired) electrons. The maximum atomic E-state index is 3.63. The van der Waals surface area contributed by atoms with Crippen LogP contribution in [0.3, 0.4) is 0 Å². The van der Waals surface area contributed by atoms with Crippen LogP contribution in [0.4, 0.5) is 5.69 Å². The van der Waals surface area contributed by atoms with Crippen molar-refractivity contribution < 1.29 is 0 Å². The number of benzene rings is 1. The number of hydrogen-bond donors (Lipinski definition) is 1. The number of piperazine rings is 1. The largest absolute Gasteiger partial charge is 0.363 e. The van der Waals surface area contributed by atoms with Gasteiger partial charge in [-0.1, -0.05) is 15.9 Å². The van der Waals surface area contributed by atoms with Crippen molar-refractivity contribution in [1.29, 1.82) is 0 Å². The summed E-state index contributed by atoms with van der Waals surface area (Å²) in [4.78, 5) is 2.60. The van der Waals surface area contributed by atoms with E-state index in [0.717, 1.165) is 13.1 Å². The predicted octanol–water partition coefficient (Wildman–Crippen LogP) is 2.48. The normalized spacial score (nSPS) is 27.8. The summed E-state index contributed by atoms with van der Waals surface area (Å²) in [7, 11) is 0. The maximum Gasteiger partial charge on any atom is 0.0459 e. The molecule has 0 spiro atoms. The molecule has 2 aliphatic heterocycles. The van der Waals surface area contributed by atoms with Crippen LogP contribution in [-0.2, 0) is 6.42 Å². The lowest BCUT2D eigenvalue weighted by atomic mass is 10.1. The Kier molecular flexibility index (Phi) is 2.48. The second kappa shape index (κ2) is 3.74. The molecule has 1 saturated heterocycles. The van der Waals surface area contributed by atoms with E-state index >= 15 is 0 Å². The third kappa shape index (κ3) is 1.49. The number of nitrogens with zero attached hydrogens (tertiary/aromatic N) is 1. The summed E-state index contributed by atoms with van der Waals surface area (Å²) in [6, 6.07) is 5.91. The molecule has 1 aromatic rings. The van der Waals surface area contributed by atoms with Crippen molar-refractivity contribution in [3.05, 3.63) is 27.7 Å². The maximum absolute atomic E-state index is 3.63. The van der Waals surface area contributed by atoms with Crippen molar-refractivity contribution in [2.24, 2.45) is 0 Å². The van der Waals surface area contributed by atoms with Gasteiger partial charge in [0.05, 0.1) is 0 Å². The van der Waals surface area contributed by atoms with Crippen molar-refractivity contribution in [1.82, 2.24) is 5.32 Å². The Bertz CT molecular complexity index is 430. The monoisotopic (exact) mass is 280 g/mol. The van der Waals surface area contributed by atoms with E-state index in [4.69, 9.17) is 0 Å². The molecule has 1 aromatic carbocycles. The van der Waals surface area contributed by atoms with Crippen molar-refractivity contribution in [2.45, 2.75) is 32.4 Å². The van der Waals surface area contributed by atoms with Crippen LogP contribution in [0.2, 0.25) is 0 Å². The van der Waals surface area contributed by atoms with Gasteiger partial charge in [0.25, 0.3) is 0 Å². The minimum absolute atomic E-state index is 0.612. The lowest BCUT2D eigenvalue weighted by Crippen LogP contribution is -2.54. The van der Waals surface area contributed by atoms with Gasteiger partial charge in [0, 0.05) is 35.3 Å². The first-order chi connectivity index (χ1) is 7.66. The van der Waals surface area contributed by atoms with E-state index in [1.165, 1.54) is 27.7 Å². The predicted molar refractivity (Wildman–Crippen MR) is 71.2 cm³/mol. The number of anilines is 1. The molecular formula is C13H17BrN2. The minimum atomic E-state index is 0.612. The molecule has 3 heteroatoms. The summed E-state index contributed by atoms with van der Waals surface area (Å²) >= 11 is 3.63. The summed E-state index contributed by atoms with van der Waals surface area (Å²) in [6.45, 7) is 6.71. The Balaban J connectivity index is 2.06. The molecule has 1 N–H and O–H groups in total. The lowest BCUT2D eigenvalue weighted by Gasteiger charge is -2.38. The topological polar surface area (TPSA) is 15.3 Å². The van der Waals surface area contributed by atoms with Crippen molar-refractivity contribution in [3.63, 3.8) is 0 Å². The molecule has 1 fully saturated rings. The van der Waals surface area contributed by atoms with Crippen molar-refractivity contribution in [3.8, 4) is 0 Å². The SMILES string of the molecule is Cc1cc2c(cc1Br)C[C@H]1CNCC(C)N21. The number of halogens is 1. The van der Waals surface area contributed by atoms with Crippen LogP contribution in [0.15, 0.2) is 16.6 Å². The highest BCUT2D eigenvalue weighted by Gasteiger charge is 2.35. The average Bonchev–Trinajstić information content (AvgIpc) is 2.58. The Morgan fingerprint density at radius 3 is 3.00 bits per heavy atom. The van der Waals surface area contributed by atoms with Gasteiger partial charge in [-0.25, -0.2) is 0 Å². The van der Waals surface area contributed by atoms with Crippen molar-refractivity contribution in [2.75, 3.05) is 18.0 Å². The van der Waals surface area contributed by atoms with Crippen LogP contribution < -0.4 is 10.2 Å². The van der Waals surface area contributed by atoms with E-state index in [0.29, 0.717) is 12.1 Å². The Hall–Kier alpha value is -0.540. The van der Waals surface area contributed by atoms with Crippen LogP contribution in [-0.4, -0.2) is 25.2 Å². The first-order valence-corrected chi connectivity index (χ1v) is 6.74. The van der Waals surface area contributed by atoms with Crippen LogP contribution in [0.5, 0.6) is 0 Å². The zero-order valence-corrected chi connectivity index (χ0v) is 11.3. The zero-order chi connectivity index (χ0) is 11.3. The van der Waals surface area contributed by atoms with Gasteiger partial charge in [0.2, 0.25) is 0 Å². The number of rotatable bonds is 0. The van der Waals surface area contributed by atoms with E-state index in [-0.39, 0.29) is 0 Å². The second-order valence-corrected chi connectivity index (χ2v) is 5.86. The average molecular weight is 281 g/mol. The zero-order valence-electron chi connectivity index (χ0n) is 9.76. The fourth-order valence-corrected chi connectivity index (χ4v) is 3.38. The van der Waals surface area contributed by atoms with Gasteiger partial charge < -0.3 is 10.2 Å². The standard InChI is InChI=1S/C13H17BrN2/c1-8-3-13-10(5-12(8)14)4-11-7-15-6-9(2)16(11)13/h3,5,9,11,15H,4,6-7H2,1-2H3/t9?,11-/m0/s1. The highest BCUT2D eigenvalue weighted by molar-refractivity contribution is 9.10. The van der Waals surface area contributed by atoms with E-state index < -0.39 is 0 Å². The minimum Gasteiger partial charge on any atom is -0.363 e. The van der Waals surface area contributed by atoms with Gasteiger partial charge in [0.15, 0.2) is 0 Å². The molecule has 2 nitrogen and oxygen atoms in total. The highest BCUT2D eigenvalue weighted by Crippen LogP contribution is 2.38. The third-order valence-electron chi connectivity index (χ3n) is 3.78. The molecule has 86 valence electrons. The molecule has 16 heavy (non-hydrogen) atoms. The van der Waals surface area contributed by atoms with Gasteiger partial charge in [-0.05, 0) is 43.5 Å². The summed E-state index contributed by atoms with van der Waals surface area (Å²) in [6.07, 6.45) is 1.19. The highest BCUT2D eigenvalue weighted by atomic mass is 79.9. The molecule has 0 bridgehead atoms. The Labute approximate surface area is 105 Å². The molecule has 2 aliphatic rings. The fraction of sp³-hybridized carbons (Fsp3) is 0.538. The van der Waals surface area contributed by atoms with E-state index in [1.807, 2.05) is 0 Å². The summed E-state index contributed by atoms with van der Waals surface area (Å²) < 4.78 is 1.24. The van der Waals surface area contributed by atoms with E-state index in [2.05, 4.69) is 52.1 Å². The van der Waals surface area contributed by atoms with Gasteiger partial charge in [0.1, 0.15) is 0 Å². The van der Waals surface area contributed by atoms with Crippen LogP contribution in [0.25, 0.3) is 0 Å². The van der Waals surface area contributed by atoms with E-state index in [9.17, 15) is 0 Å². The van der Waals surface area contributed by atoms with Gasteiger partial charge >= 0.3 is 0 Å². The molecule has 0 saturated carbocycles. The van der Waals surface area contributed by atoms with Gasteiger partial charge in [-0.15, -0.1) is 0 Å². The first-order valence-electron chi connectivity index (χ1n) is 5.95. The third-order valence-corrected chi connectivity index (χ3v) is 4.64. The molecule has 0 aromatic heterocycles. The molecule has 0 aliphatic carbocycles. The number of fused-ring (bicyclic) bond motifs is 3. The molecule has 2 atom stereocenters. The molecule has 1 unspecified atom stereocenters. The van der Waals surface area contributed by atoms with Gasteiger partial charge in [-0.2, -0.15) is 0 Å². The smallest absolute Gasteiger partial charge is 0.0459 e. The quantitative estimate of drug-likeness (QED) is 0.786. The fourth-order valence-electron chi connectivity index (χ4n) is 2.99.